The third-order valence-electron chi connectivity index (χ3n) is 2.75. The molecule has 2 nitrogen and oxygen atoms in total. The number of carbonyl (C=O) groups excluding carboxylic acids is 1. The first-order valence-electron chi connectivity index (χ1n) is 5.20. The van der Waals surface area contributed by atoms with Crippen molar-refractivity contribution in [2.45, 2.75) is 26.3 Å². The van der Waals surface area contributed by atoms with Crippen molar-refractivity contribution in [1.82, 2.24) is 4.90 Å². The highest BCUT2D eigenvalue weighted by Crippen LogP contribution is 2.20. The highest BCUT2D eigenvalue weighted by molar-refractivity contribution is 9.10. The molecule has 1 unspecified atom stereocenters. The van der Waals surface area contributed by atoms with Crippen molar-refractivity contribution < 1.29 is 9.18 Å². The maximum absolute atomic E-state index is 13.7. The van der Waals surface area contributed by atoms with Gasteiger partial charge in [0.25, 0.3) is 5.91 Å². The molecule has 0 saturated carbocycles. The Bertz CT molecular complexity index is 395. The second-order valence-electron chi connectivity index (χ2n) is 3.77. The minimum absolute atomic E-state index is 0.103. The Morgan fingerprint density at radius 1 is 1.56 bits per heavy atom. The summed E-state index contributed by atoms with van der Waals surface area (Å²) in [5.41, 5.74) is 0.108. The number of amides is 1. The Balaban J connectivity index is 3.01. The Morgan fingerprint density at radius 2 is 2.19 bits per heavy atom. The molecule has 0 heterocycles. The van der Waals surface area contributed by atoms with E-state index in [4.69, 9.17) is 0 Å². The average Bonchev–Trinajstić information content (AvgIpc) is 2.29. The lowest BCUT2D eigenvalue weighted by Gasteiger charge is -2.24. The summed E-state index contributed by atoms with van der Waals surface area (Å²) in [6.07, 6.45) is 0.845. The van der Waals surface area contributed by atoms with Gasteiger partial charge in [0, 0.05) is 13.1 Å². The topological polar surface area (TPSA) is 20.3 Å². The minimum Gasteiger partial charge on any atom is -0.339 e. The molecule has 16 heavy (non-hydrogen) atoms. The molecule has 0 radical (unpaired) electrons. The van der Waals surface area contributed by atoms with Gasteiger partial charge in [0.15, 0.2) is 0 Å². The molecule has 0 N–H and O–H groups in total. The van der Waals surface area contributed by atoms with Crippen LogP contribution in [0.1, 0.15) is 30.6 Å². The predicted molar refractivity (Wildman–Crippen MR) is 65.9 cm³/mol. The Hall–Kier alpha value is -0.900. The number of hydrogen-bond donors (Lipinski definition) is 0. The van der Waals surface area contributed by atoms with E-state index in [1.807, 2.05) is 13.8 Å². The minimum atomic E-state index is -0.498. The van der Waals surface area contributed by atoms with Crippen LogP contribution in [0.2, 0.25) is 0 Å². The SMILES string of the molecule is CCC(C)N(C)C(=O)c1cccc(Br)c1F. The zero-order valence-electron chi connectivity index (χ0n) is 9.63. The number of benzene rings is 1. The first-order chi connectivity index (χ1) is 7.49. The van der Waals surface area contributed by atoms with Crippen molar-refractivity contribution in [2.75, 3.05) is 7.05 Å². The summed E-state index contributed by atoms with van der Waals surface area (Å²) < 4.78 is 14.0. The maximum Gasteiger partial charge on any atom is 0.256 e. The van der Waals surface area contributed by atoms with Crippen LogP contribution in [0.4, 0.5) is 4.39 Å². The van der Waals surface area contributed by atoms with Crippen LogP contribution < -0.4 is 0 Å². The zero-order chi connectivity index (χ0) is 12.3. The number of nitrogens with zero attached hydrogens (tertiary/aromatic N) is 1. The van der Waals surface area contributed by atoms with Gasteiger partial charge in [-0.05, 0) is 41.4 Å². The highest BCUT2D eigenvalue weighted by Gasteiger charge is 2.20. The molecule has 0 aliphatic rings. The molecule has 0 bridgehead atoms. The first-order valence-corrected chi connectivity index (χ1v) is 5.99. The fraction of sp³-hybridized carbons (Fsp3) is 0.417. The highest BCUT2D eigenvalue weighted by atomic mass is 79.9. The van der Waals surface area contributed by atoms with Gasteiger partial charge in [-0.2, -0.15) is 0 Å². The molecular weight excluding hydrogens is 273 g/mol. The van der Waals surface area contributed by atoms with Gasteiger partial charge in [0.1, 0.15) is 5.82 Å². The van der Waals surface area contributed by atoms with E-state index >= 15 is 0 Å². The molecule has 4 heteroatoms. The first kappa shape index (κ1) is 13.2. The van der Waals surface area contributed by atoms with Crippen molar-refractivity contribution in [2.24, 2.45) is 0 Å². The second kappa shape index (κ2) is 5.43. The maximum atomic E-state index is 13.7. The van der Waals surface area contributed by atoms with Crippen LogP contribution in [0, 0.1) is 5.82 Å². The van der Waals surface area contributed by atoms with Crippen LogP contribution in [0.15, 0.2) is 22.7 Å². The lowest BCUT2D eigenvalue weighted by atomic mass is 10.1. The molecule has 0 aromatic heterocycles. The number of hydrogen-bond acceptors (Lipinski definition) is 1. The van der Waals surface area contributed by atoms with Crippen LogP contribution in [-0.2, 0) is 0 Å². The van der Waals surface area contributed by atoms with Crippen LogP contribution >= 0.6 is 15.9 Å². The Morgan fingerprint density at radius 3 is 2.75 bits per heavy atom. The predicted octanol–water partition coefficient (Wildman–Crippen LogP) is 3.46. The standard InChI is InChI=1S/C12H15BrFNO/c1-4-8(2)15(3)12(16)9-6-5-7-10(13)11(9)14/h5-8H,4H2,1-3H3. The van der Waals surface area contributed by atoms with Crippen LogP contribution in [0.5, 0.6) is 0 Å². The van der Waals surface area contributed by atoms with Gasteiger partial charge in [-0.3, -0.25) is 4.79 Å². The Kier molecular flexibility index (Phi) is 4.47. The van der Waals surface area contributed by atoms with Gasteiger partial charge in [-0.1, -0.05) is 13.0 Å². The molecule has 1 aromatic carbocycles. The van der Waals surface area contributed by atoms with E-state index in [1.165, 1.54) is 6.07 Å². The smallest absolute Gasteiger partial charge is 0.256 e. The largest absolute Gasteiger partial charge is 0.339 e. The van der Waals surface area contributed by atoms with Gasteiger partial charge in [0.2, 0.25) is 0 Å². The lowest BCUT2D eigenvalue weighted by molar-refractivity contribution is 0.0735. The average molecular weight is 288 g/mol. The molecule has 88 valence electrons. The van der Waals surface area contributed by atoms with Gasteiger partial charge >= 0.3 is 0 Å². The molecule has 1 atom stereocenters. The number of rotatable bonds is 3. The van der Waals surface area contributed by atoms with Gasteiger partial charge < -0.3 is 4.90 Å². The fourth-order valence-corrected chi connectivity index (χ4v) is 1.70. The zero-order valence-corrected chi connectivity index (χ0v) is 11.2. The number of carbonyl (C=O) groups is 1. The Labute approximate surface area is 104 Å². The molecule has 0 spiro atoms. The molecule has 0 aliphatic heterocycles. The van der Waals surface area contributed by atoms with Gasteiger partial charge in [-0.25, -0.2) is 4.39 Å². The van der Waals surface area contributed by atoms with Crippen LogP contribution in [0.25, 0.3) is 0 Å². The van der Waals surface area contributed by atoms with Crippen molar-refractivity contribution in [1.29, 1.82) is 0 Å². The van der Waals surface area contributed by atoms with Gasteiger partial charge in [-0.15, -0.1) is 0 Å². The number of halogens is 2. The third-order valence-corrected chi connectivity index (χ3v) is 3.37. The van der Waals surface area contributed by atoms with Crippen molar-refractivity contribution in [3.05, 3.63) is 34.1 Å². The van der Waals surface area contributed by atoms with E-state index < -0.39 is 5.82 Å². The van der Waals surface area contributed by atoms with E-state index in [0.29, 0.717) is 4.47 Å². The van der Waals surface area contributed by atoms with Crippen LogP contribution in [0.3, 0.4) is 0 Å². The summed E-state index contributed by atoms with van der Waals surface area (Å²) in [5, 5.41) is 0. The lowest BCUT2D eigenvalue weighted by Crippen LogP contribution is -2.35. The summed E-state index contributed by atoms with van der Waals surface area (Å²) in [5.74, 6) is -0.782. The summed E-state index contributed by atoms with van der Waals surface area (Å²) in [4.78, 5) is 13.5. The van der Waals surface area contributed by atoms with Crippen molar-refractivity contribution in [3.8, 4) is 0 Å². The monoisotopic (exact) mass is 287 g/mol. The quantitative estimate of drug-likeness (QED) is 0.834. The fourth-order valence-electron chi connectivity index (χ4n) is 1.33. The molecule has 0 saturated heterocycles. The summed E-state index contributed by atoms with van der Waals surface area (Å²) in [6, 6.07) is 4.84. The van der Waals surface area contributed by atoms with Crippen LogP contribution in [-0.4, -0.2) is 23.9 Å². The summed E-state index contributed by atoms with van der Waals surface area (Å²) in [7, 11) is 1.69. The molecular formula is C12H15BrFNO. The van der Waals surface area contributed by atoms with Crippen molar-refractivity contribution >= 4 is 21.8 Å². The van der Waals surface area contributed by atoms with Gasteiger partial charge in [0.05, 0.1) is 10.0 Å². The molecule has 1 rings (SSSR count). The van der Waals surface area contributed by atoms with E-state index in [-0.39, 0.29) is 17.5 Å². The second-order valence-corrected chi connectivity index (χ2v) is 4.63. The van der Waals surface area contributed by atoms with E-state index in [1.54, 1.807) is 24.1 Å². The third kappa shape index (κ3) is 2.61. The van der Waals surface area contributed by atoms with E-state index in [2.05, 4.69) is 15.9 Å². The van der Waals surface area contributed by atoms with E-state index in [9.17, 15) is 9.18 Å². The summed E-state index contributed by atoms with van der Waals surface area (Å²) >= 11 is 3.07. The molecule has 0 fully saturated rings. The molecule has 1 aromatic rings. The normalized spacial score (nSPS) is 12.3. The van der Waals surface area contributed by atoms with Crippen molar-refractivity contribution in [3.63, 3.8) is 0 Å². The molecule has 0 aliphatic carbocycles. The van der Waals surface area contributed by atoms with E-state index in [0.717, 1.165) is 6.42 Å². The summed E-state index contributed by atoms with van der Waals surface area (Å²) in [6.45, 7) is 3.93. The molecule has 1 amide bonds.